The van der Waals surface area contributed by atoms with Crippen LogP contribution in [0.5, 0.6) is 0 Å². The Kier molecular flexibility index (Phi) is 6.31. The van der Waals surface area contributed by atoms with Gasteiger partial charge in [0, 0.05) is 24.9 Å². The van der Waals surface area contributed by atoms with Gasteiger partial charge in [0.1, 0.15) is 5.78 Å². The van der Waals surface area contributed by atoms with E-state index in [1.807, 2.05) is 0 Å². The lowest BCUT2D eigenvalue weighted by molar-refractivity contribution is -0.124. The first-order valence-corrected chi connectivity index (χ1v) is 9.82. The van der Waals surface area contributed by atoms with Gasteiger partial charge >= 0.3 is 0 Å². The lowest BCUT2D eigenvalue weighted by Crippen LogP contribution is -2.47. The van der Waals surface area contributed by atoms with Crippen molar-refractivity contribution in [2.75, 3.05) is 32.7 Å². The van der Waals surface area contributed by atoms with Gasteiger partial charge in [0.25, 0.3) is 0 Å². The highest BCUT2D eigenvalue weighted by Gasteiger charge is 2.26. The zero-order valence-corrected chi connectivity index (χ0v) is 14.3. The summed E-state index contributed by atoms with van der Waals surface area (Å²) in [5, 5.41) is 0. The van der Waals surface area contributed by atoms with Crippen molar-refractivity contribution in [1.29, 1.82) is 0 Å². The molecule has 0 spiro atoms. The highest BCUT2D eigenvalue weighted by Crippen LogP contribution is 2.26. The maximum Gasteiger partial charge on any atom is 0.137 e. The maximum atomic E-state index is 12.3. The summed E-state index contributed by atoms with van der Waals surface area (Å²) in [6.45, 7) is 6.08. The van der Waals surface area contributed by atoms with Gasteiger partial charge in [0.05, 0.1) is 0 Å². The Morgan fingerprint density at radius 3 is 2.09 bits per heavy atom. The number of hydrogen-bond donors (Lipinski definition) is 0. The van der Waals surface area contributed by atoms with Crippen molar-refractivity contribution in [2.24, 2.45) is 5.92 Å². The van der Waals surface area contributed by atoms with Crippen LogP contribution in [0.15, 0.2) is 0 Å². The second-order valence-electron chi connectivity index (χ2n) is 7.72. The predicted molar refractivity (Wildman–Crippen MR) is 91.1 cm³/mol. The van der Waals surface area contributed by atoms with E-state index < -0.39 is 0 Å². The fourth-order valence-corrected chi connectivity index (χ4v) is 4.69. The molecule has 126 valence electrons. The summed E-state index contributed by atoms with van der Waals surface area (Å²) in [7, 11) is 0. The van der Waals surface area contributed by atoms with Crippen LogP contribution in [-0.2, 0) is 4.79 Å². The van der Waals surface area contributed by atoms with E-state index in [9.17, 15) is 4.79 Å². The second-order valence-corrected chi connectivity index (χ2v) is 7.72. The van der Waals surface area contributed by atoms with Crippen molar-refractivity contribution in [3.05, 3.63) is 0 Å². The summed E-state index contributed by atoms with van der Waals surface area (Å²) in [6.07, 6.45) is 13.9. The van der Waals surface area contributed by atoms with Gasteiger partial charge in [-0.2, -0.15) is 0 Å². The van der Waals surface area contributed by atoms with Gasteiger partial charge in [-0.3, -0.25) is 4.79 Å². The quantitative estimate of drug-likeness (QED) is 0.777. The number of Topliss-reactive ketones (excluding diaryl/α,β-unsaturated/α-hetero) is 1. The SMILES string of the molecule is O=C(CCN1CCC(N2CCCCC2)CC1)C1CCCCC1. The molecule has 2 aliphatic heterocycles. The third-order valence-corrected chi connectivity index (χ3v) is 6.20. The van der Waals surface area contributed by atoms with Gasteiger partial charge < -0.3 is 9.80 Å². The van der Waals surface area contributed by atoms with Crippen LogP contribution in [0.25, 0.3) is 0 Å². The molecule has 2 saturated heterocycles. The van der Waals surface area contributed by atoms with Crippen molar-refractivity contribution < 1.29 is 4.79 Å². The molecule has 3 nitrogen and oxygen atoms in total. The third-order valence-electron chi connectivity index (χ3n) is 6.20. The Hall–Kier alpha value is -0.410. The fraction of sp³-hybridized carbons (Fsp3) is 0.947. The molecular formula is C19H34N2O. The van der Waals surface area contributed by atoms with Crippen molar-refractivity contribution in [3.8, 4) is 0 Å². The van der Waals surface area contributed by atoms with Crippen LogP contribution >= 0.6 is 0 Å². The Morgan fingerprint density at radius 1 is 0.773 bits per heavy atom. The molecule has 1 aliphatic carbocycles. The van der Waals surface area contributed by atoms with E-state index in [1.165, 1.54) is 77.5 Å². The molecule has 0 amide bonds. The first kappa shape index (κ1) is 16.4. The largest absolute Gasteiger partial charge is 0.303 e. The van der Waals surface area contributed by atoms with Crippen molar-refractivity contribution in [2.45, 2.75) is 76.7 Å². The molecule has 1 saturated carbocycles. The highest BCUT2D eigenvalue weighted by atomic mass is 16.1. The number of ketones is 1. The summed E-state index contributed by atoms with van der Waals surface area (Å²) >= 11 is 0. The maximum absolute atomic E-state index is 12.3. The Bertz CT molecular complexity index is 337. The molecule has 0 N–H and O–H groups in total. The number of piperidine rings is 2. The van der Waals surface area contributed by atoms with Gasteiger partial charge in [-0.25, -0.2) is 0 Å². The third kappa shape index (κ3) is 4.55. The molecule has 0 radical (unpaired) electrons. The van der Waals surface area contributed by atoms with Gasteiger partial charge in [-0.1, -0.05) is 25.7 Å². The number of hydrogen-bond acceptors (Lipinski definition) is 3. The van der Waals surface area contributed by atoms with Gasteiger partial charge in [0.2, 0.25) is 0 Å². The summed E-state index contributed by atoms with van der Waals surface area (Å²) in [5.41, 5.74) is 0. The summed E-state index contributed by atoms with van der Waals surface area (Å²) in [6, 6.07) is 0.825. The molecule has 3 fully saturated rings. The number of carbonyl (C=O) groups is 1. The molecular weight excluding hydrogens is 272 g/mol. The monoisotopic (exact) mass is 306 g/mol. The minimum Gasteiger partial charge on any atom is -0.303 e. The van der Waals surface area contributed by atoms with E-state index in [2.05, 4.69) is 9.80 Å². The molecule has 3 rings (SSSR count). The number of carbonyl (C=O) groups excluding carboxylic acids is 1. The van der Waals surface area contributed by atoms with E-state index in [0.29, 0.717) is 11.7 Å². The zero-order valence-electron chi connectivity index (χ0n) is 14.3. The topological polar surface area (TPSA) is 23.6 Å². The fourth-order valence-electron chi connectivity index (χ4n) is 4.69. The lowest BCUT2D eigenvalue weighted by Gasteiger charge is -2.40. The van der Waals surface area contributed by atoms with Crippen molar-refractivity contribution >= 4 is 5.78 Å². The molecule has 0 aromatic heterocycles. The molecule has 0 atom stereocenters. The zero-order chi connectivity index (χ0) is 15.2. The smallest absolute Gasteiger partial charge is 0.137 e. The van der Waals surface area contributed by atoms with Crippen molar-refractivity contribution in [3.63, 3.8) is 0 Å². The number of likely N-dealkylation sites (tertiary alicyclic amines) is 2. The molecule has 2 heterocycles. The standard InChI is InChI=1S/C19H34N2O/c22-19(17-7-3-1-4-8-17)11-16-20-14-9-18(10-15-20)21-12-5-2-6-13-21/h17-18H,1-16H2. The van der Waals surface area contributed by atoms with Crippen LogP contribution in [-0.4, -0.2) is 54.3 Å². The van der Waals surface area contributed by atoms with E-state index in [-0.39, 0.29) is 0 Å². The minimum atomic E-state index is 0.402. The van der Waals surface area contributed by atoms with Crippen LogP contribution in [0.2, 0.25) is 0 Å². The Labute approximate surface area is 136 Å². The summed E-state index contributed by atoms with van der Waals surface area (Å²) in [4.78, 5) is 17.6. The van der Waals surface area contributed by atoms with Crippen LogP contribution in [0.3, 0.4) is 0 Å². The summed E-state index contributed by atoms with van der Waals surface area (Å²) in [5.74, 6) is 0.956. The average Bonchev–Trinajstić information content (AvgIpc) is 2.61. The number of rotatable bonds is 5. The molecule has 0 aromatic carbocycles. The molecule has 0 bridgehead atoms. The molecule has 3 heteroatoms. The van der Waals surface area contributed by atoms with Crippen LogP contribution in [0.4, 0.5) is 0 Å². The van der Waals surface area contributed by atoms with E-state index in [4.69, 9.17) is 0 Å². The first-order chi connectivity index (χ1) is 10.8. The van der Waals surface area contributed by atoms with Gasteiger partial charge in [-0.05, 0) is 64.7 Å². The highest BCUT2D eigenvalue weighted by molar-refractivity contribution is 5.81. The van der Waals surface area contributed by atoms with Crippen LogP contribution < -0.4 is 0 Å². The van der Waals surface area contributed by atoms with Crippen LogP contribution in [0, 0.1) is 5.92 Å². The Balaban J connectivity index is 1.34. The average molecular weight is 306 g/mol. The lowest BCUT2D eigenvalue weighted by atomic mass is 9.85. The Morgan fingerprint density at radius 2 is 1.41 bits per heavy atom. The van der Waals surface area contributed by atoms with Gasteiger partial charge in [0.15, 0.2) is 0 Å². The summed E-state index contributed by atoms with van der Waals surface area (Å²) < 4.78 is 0. The molecule has 22 heavy (non-hydrogen) atoms. The predicted octanol–water partition coefficient (Wildman–Crippen LogP) is 3.48. The molecule has 0 aromatic rings. The normalized spacial score (nSPS) is 27.1. The first-order valence-electron chi connectivity index (χ1n) is 9.82. The minimum absolute atomic E-state index is 0.402. The van der Waals surface area contributed by atoms with Gasteiger partial charge in [-0.15, -0.1) is 0 Å². The van der Waals surface area contributed by atoms with Crippen molar-refractivity contribution in [1.82, 2.24) is 9.80 Å². The van der Waals surface area contributed by atoms with Crippen LogP contribution in [0.1, 0.15) is 70.6 Å². The number of nitrogens with zero attached hydrogens (tertiary/aromatic N) is 2. The molecule has 3 aliphatic rings. The van der Waals surface area contributed by atoms with E-state index in [0.717, 1.165) is 31.8 Å². The van der Waals surface area contributed by atoms with E-state index in [1.54, 1.807) is 0 Å². The second kappa shape index (κ2) is 8.44. The van der Waals surface area contributed by atoms with E-state index >= 15 is 0 Å². The molecule has 0 unspecified atom stereocenters.